The van der Waals surface area contributed by atoms with Gasteiger partial charge in [0.05, 0.1) is 17.9 Å². The van der Waals surface area contributed by atoms with Gasteiger partial charge in [-0.3, -0.25) is 14.7 Å². The fourth-order valence-electron chi connectivity index (χ4n) is 3.07. The number of aromatic amines is 1. The Balaban J connectivity index is 1.69. The number of aromatic nitrogens is 2. The third kappa shape index (κ3) is 2.79. The summed E-state index contributed by atoms with van der Waals surface area (Å²) < 4.78 is 7.04. The number of carbonyl (C=O) groups is 1. The van der Waals surface area contributed by atoms with E-state index in [1.165, 1.54) is 10.7 Å². The molecule has 4 rings (SSSR count). The van der Waals surface area contributed by atoms with E-state index >= 15 is 0 Å². The third-order valence-electron chi connectivity index (χ3n) is 4.47. The molecule has 6 nitrogen and oxygen atoms in total. The predicted octanol–water partition coefficient (Wildman–Crippen LogP) is 2.82. The molecule has 0 spiro atoms. The maximum Gasteiger partial charge on any atom is 0.276 e. The quantitative estimate of drug-likeness (QED) is 0.774. The van der Waals surface area contributed by atoms with E-state index in [-0.39, 0.29) is 17.2 Å². The molecule has 1 aliphatic rings. The topological polar surface area (TPSA) is 67.3 Å². The Morgan fingerprint density at radius 3 is 2.54 bits per heavy atom. The maximum absolute atomic E-state index is 13.0. The number of aryl methyl sites for hydroxylation is 2. The molecule has 0 atom stereocenters. The number of benzene rings is 2. The van der Waals surface area contributed by atoms with Crippen LogP contribution in [0.3, 0.4) is 0 Å². The first-order chi connectivity index (χ1) is 12.5. The van der Waals surface area contributed by atoms with Crippen molar-refractivity contribution in [2.75, 3.05) is 18.1 Å². The molecule has 0 saturated heterocycles. The second kappa shape index (κ2) is 6.22. The van der Waals surface area contributed by atoms with Gasteiger partial charge in [0.2, 0.25) is 0 Å². The molecule has 6 heteroatoms. The number of amides is 1. The fraction of sp³-hybridized carbons (Fsp3) is 0.200. The molecule has 1 aromatic heterocycles. The van der Waals surface area contributed by atoms with Gasteiger partial charge in [-0.2, -0.15) is 0 Å². The first kappa shape index (κ1) is 16.2. The summed E-state index contributed by atoms with van der Waals surface area (Å²) in [7, 11) is 0. The van der Waals surface area contributed by atoms with Crippen LogP contribution < -0.4 is 15.2 Å². The Morgan fingerprint density at radius 1 is 1.04 bits per heavy atom. The molecule has 26 heavy (non-hydrogen) atoms. The fourth-order valence-corrected chi connectivity index (χ4v) is 3.07. The van der Waals surface area contributed by atoms with Crippen LogP contribution in [0, 0.1) is 13.8 Å². The minimum absolute atomic E-state index is 0.249. The van der Waals surface area contributed by atoms with Gasteiger partial charge >= 0.3 is 0 Å². The van der Waals surface area contributed by atoms with Crippen molar-refractivity contribution in [2.24, 2.45) is 0 Å². The Hall–Kier alpha value is -3.28. The summed E-state index contributed by atoms with van der Waals surface area (Å²) in [6.45, 7) is 4.81. The molecule has 0 fully saturated rings. The van der Waals surface area contributed by atoms with E-state index < -0.39 is 0 Å². The van der Waals surface area contributed by atoms with Crippen molar-refractivity contribution in [3.05, 3.63) is 75.7 Å². The van der Waals surface area contributed by atoms with E-state index in [4.69, 9.17) is 4.74 Å². The molecule has 0 saturated carbocycles. The first-order valence-corrected chi connectivity index (χ1v) is 8.47. The zero-order chi connectivity index (χ0) is 18.3. The summed E-state index contributed by atoms with van der Waals surface area (Å²) in [5.74, 6) is 0.436. The number of anilines is 1. The molecule has 2 heterocycles. The van der Waals surface area contributed by atoms with Crippen LogP contribution in [0.2, 0.25) is 0 Å². The molecule has 0 unspecified atom stereocenters. The highest BCUT2D eigenvalue weighted by Crippen LogP contribution is 2.33. The maximum atomic E-state index is 13.0. The van der Waals surface area contributed by atoms with Crippen LogP contribution in [0.15, 0.2) is 53.3 Å². The lowest BCUT2D eigenvalue weighted by molar-refractivity contribution is 0.0971. The molecule has 0 radical (unpaired) electrons. The van der Waals surface area contributed by atoms with Crippen LogP contribution in [0.5, 0.6) is 5.75 Å². The molecule has 0 aliphatic carbocycles. The molecule has 132 valence electrons. The Morgan fingerprint density at radius 2 is 1.77 bits per heavy atom. The van der Waals surface area contributed by atoms with Gasteiger partial charge in [-0.25, -0.2) is 4.68 Å². The van der Waals surface area contributed by atoms with Gasteiger partial charge < -0.3 is 9.64 Å². The van der Waals surface area contributed by atoms with Crippen LogP contribution >= 0.6 is 0 Å². The summed E-state index contributed by atoms with van der Waals surface area (Å²) >= 11 is 0. The van der Waals surface area contributed by atoms with E-state index in [1.54, 1.807) is 4.90 Å². The average Bonchev–Trinajstić information content (AvgIpc) is 3.03. The van der Waals surface area contributed by atoms with Crippen molar-refractivity contribution in [1.82, 2.24) is 9.78 Å². The zero-order valence-corrected chi connectivity index (χ0v) is 14.7. The highest BCUT2D eigenvalue weighted by Gasteiger charge is 2.26. The summed E-state index contributed by atoms with van der Waals surface area (Å²) in [5, 5.41) is 2.93. The monoisotopic (exact) mass is 349 g/mol. The standard InChI is InChI=1S/C20H19N3O3/c1-13-3-6-15(7-4-13)23-19(24)12-16(21-23)20(25)22-9-10-26-18-11-14(2)5-8-17(18)22/h3-8,11-12,21H,9-10H2,1-2H3. The summed E-state index contributed by atoms with van der Waals surface area (Å²) in [6.07, 6.45) is 0. The van der Waals surface area contributed by atoms with Crippen LogP contribution in [0.1, 0.15) is 21.6 Å². The number of rotatable bonds is 2. The molecule has 1 amide bonds. The SMILES string of the molecule is Cc1ccc(-n2[nH]c(C(=O)N3CCOc4cc(C)ccc43)cc2=O)cc1. The summed E-state index contributed by atoms with van der Waals surface area (Å²) in [6, 6.07) is 14.6. The van der Waals surface area contributed by atoms with Crippen molar-refractivity contribution in [3.8, 4) is 11.4 Å². The summed E-state index contributed by atoms with van der Waals surface area (Å²) in [4.78, 5) is 27.0. The molecule has 3 aromatic rings. The van der Waals surface area contributed by atoms with Crippen molar-refractivity contribution in [3.63, 3.8) is 0 Å². The minimum atomic E-state index is -0.269. The van der Waals surface area contributed by atoms with Crippen molar-refractivity contribution in [1.29, 1.82) is 0 Å². The Labute approximate surface area is 150 Å². The van der Waals surface area contributed by atoms with Crippen LogP contribution in [-0.4, -0.2) is 28.8 Å². The van der Waals surface area contributed by atoms with Crippen molar-refractivity contribution in [2.45, 2.75) is 13.8 Å². The average molecular weight is 349 g/mol. The Bertz CT molecular complexity index is 1030. The smallest absolute Gasteiger partial charge is 0.276 e. The number of hydrogen-bond acceptors (Lipinski definition) is 3. The van der Waals surface area contributed by atoms with Gasteiger partial charge in [0.25, 0.3) is 11.5 Å². The number of H-pyrrole nitrogens is 1. The molecular weight excluding hydrogens is 330 g/mol. The lowest BCUT2D eigenvalue weighted by Crippen LogP contribution is -2.38. The minimum Gasteiger partial charge on any atom is -0.490 e. The number of carbonyl (C=O) groups excluding carboxylic acids is 1. The number of nitrogens with zero attached hydrogens (tertiary/aromatic N) is 2. The van der Waals surface area contributed by atoms with Crippen LogP contribution in [-0.2, 0) is 0 Å². The molecule has 1 N–H and O–H groups in total. The number of ether oxygens (including phenoxy) is 1. The van der Waals surface area contributed by atoms with Gasteiger partial charge in [0.1, 0.15) is 18.1 Å². The highest BCUT2D eigenvalue weighted by atomic mass is 16.5. The molecular formula is C20H19N3O3. The highest BCUT2D eigenvalue weighted by molar-refractivity contribution is 6.05. The number of nitrogens with one attached hydrogen (secondary N) is 1. The van der Waals surface area contributed by atoms with Crippen molar-refractivity contribution < 1.29 is 9.53 Å². The largest absolute Gasteiger partial charge is 0.490 e. The number of hydrogen-bond donors (Lipinski definition) is 1. The Kier molecular flexibility index (Phi) is 3.88. The third-order valence-corrected chi connectivity index (χ3v) is 4.47. The van der Waals surface area contributed by atoms with Crippen molar-refractivity contribution >= 4 is 11.6 Å². The molecule has 0 bridgehead atoms. The van der Waals surface area contributed by atoms with E-state index in [9.17, 15) is 9.59 Å². The molecule has 1 aliphatic heterocycles. The second-order valence-corrected chi connectivity index (χ2v) is 6.46. The number of fused-ring (bicyclic) bond motifs is 1. The van der Waals surface area contributed by atoms with E-state index in [0.29, 0.717) is 24.6 Å². The van der Waals surface area contributed by atoms with Gasteiger partial charge in [0.15, 0.2) is 0 Å². The lowest BCUT2D eigenvalue weighted by atomic mass is 10.1. The normalized spacial score (nSPS) is 13.2. The van der Waals surface area contributed by atoms with Gasteiger partial charge in [-0.05, 0) is 43.7 Å². The lowest BCUT2D eigenvalue weighted by Gasteiger charge is -2.29. The van der Waals surface area contributed by atoms with E-state index in [2.05, 4.69) is 5.10 Å². The van der Waals surface area contributed by atoms with Gasteiger partial charge in [-0.15, -0.1) is 0 Å². The van der Waals surface area contributed by atoms with E-state index in [1.807, 2.05) is 56.3 Å². The van der Waals surface area contributed by atoms with Gasteiger partial charge in [-0.1, -0.05) is 23.8 Å². The zero-order valence-electron chi connectivity index (χ0n) is 14.7. The van der Waals surface area contributed by atoms with Crippen LogP contribution in [0.4, 0.5) is 5.69 Å². The van der Waals surface area contributed by atoms with Crippen LogP contribution in [0.25, 0.3) is 5.69 Å². The summed E-state index contributed by atoms with van der Waals surface area (Å²) in [5.41, 5.74) is 3.56. The van der Waals surface area contributed by atoms with Gasteiger partial charge in [0, 0.05) is 6.07 Å². The predicted molar refractivity (Wildman–Crippen MR) is 99.5 cm³/mol. The van der Waals surface area contributed by atoms with E-state index in [0.717, 1.165) is 16.8 Å². The second-order valence-electron chi connectivity index (χ2n) is 6.46. The molecule has 2 aromatic carbocycles. The first-order valence-electron chi connectivity index (χ1n) is 8.47.